The van der Waals surface area contributed by atoms with Crippen molar-refractivity contribution in [1.82, 2.24) is 10.3 Å². The fourth-order valence-corrected chi connectivity index (χ4v) is 4.89. The third-order valence-electron chi connectivity index (χ3n) is 6.99. The number of hydrogen-bond donors (Lipinski definition) is 3. The smallest absolute Gasteiger partial charge is 0.225 e. The zero-order chi connectivity index (χ0) is 27.6. The minimum Gasteiger partial charge on any atom is -0.458 e. The van der Waals surface area contributed by atoms with Gasteiger partial charge in [-0.15, -0.1) is 0 Å². The maximum Gasteiger partial charge on any atom is 0.225 e. The van der Waals surface area contributed by atoms with E-state index in [1.165, 1.54) is 19.2 Å². The number of pyridine rings is 1. The Labute approximate surface area is 225 Å². The monoisotopic (exact) mass is 524 g/mol. The minimum absolute atomic E-state index is 0.0470. The molecule has 0 aliphatic heterocycles. The molecule has 0 saturated heterocycles. The molecule has 0 spiro atoms. The molecule has 3 aromatic carbocycles. The lowest BCUT2D eigenvalue weighted by molar-refractivity contribution is -0.120. The van der Waals surface area contributed by atoms with E-state index in [1.54, 1.807) is 18.2 Å². The van der Waals surface area contributed by atoms with E-state index >= 15 is 0 Å². The predicted molar refractivity (Wildman–Crippen MR) is 146 cm³/mol. The zero-order valence-corrected chi connectivity index (χ0v) is 21.7. The molecule has 2 unspecified atom stereocenters. The Morgan fingerprint density at radius 3 is 2.54 bits per heavy atom. The topological polar surface area (TPSA) is 95.6 Å². The van der Waals surface area contributed by atoms with Crippen LogP contribution in [0.3, 0.4) is 0 Å². The van der Waals surface area contributed by atoms with Crippen LogP contribution in [0.2, 0.25) is 0 Å². The molecule has 3 N–H and O–H groups in total. The quantitative estimate of drug-likeness (QED) is 0.250. The number of halogens is 1. The second-order valence-corrected chi connectivity index (χ2v) is 9.85. The normalized spacial score (nSPS) is 13.7. The molecular weight excluding hydrogens is 495 g/mol. The van der Waals surface area contributed by atoms with Crippen LogP contribution in [0.5, 0.6) is 0 Å². The lowest BCUT2D eigenvalue weighted by Crippen LogP contribution is -2.31. The first kappa shape index (κ1) is 26.3. The first-order chi connectivity index (χ1) is 18.8. The number of aliphatic hydroxyl groups is 2. The fraction of sp³-hybridized carbons (Fsp3) is 0.188. The van der Waals surface area contributed by atoms with Crippen LogP contribution in [-0.2, 0) is 23.4 Å². The number of nitrogens with one attached hydrogen (secondary N) is 1. The van der Waals surface area contributed by atoms with Crippen molar-refractivity contribution in [3.63, 3.8) is 0 Å². The average Bonchev–Trinajstić information content (AvgIpc) is 3.37. The second kappa shape index (κ2) is 10.8. The van der Waals surface area contributed by atoms with E-state index in [1.807, 2.05) is 61.5 Å². The summed E-state index contributed by atoms with van der Waals surface area (Å²) in [5.41, 5.74) is 3.33. The van der Waals surface area contributed by atoms with Gasteiger partial charge in [0.2, 0.25) is 5.91 Å². The molecule has 2 aromatic heterocycles. The number of fused-ring (bicyclic) bond motifs is 1. The summed E-state index contributed by atoms with van der Waals surface area (Å²) < 4.78 is 20.2. The number of rotatable bonds is 8. The van der Waals surface area contributed by atoms with Gasteiger partial charge in [0.1, 0.15) is 22.8 Å². The van der Waals surface area contributed by atoms with E-state index in [0.29, 0.717) is 11.0 Å². The second-order valence-electron chi connectivity index (χ2n) is 9.85. The van der Waals surface area contributed by atoms with Crippen LogP contribution >= 0.6 is 0 Å². The van der Waals surface area contributed by atoms with Gasteiger partial charge in [-0.2, -0.15) is 0 Å². The van der Waals surface area contributed by atoms with Crippen LogP contribution in [-0.4, -0.2) is 21.1 Å². The Hall–Kier alpha value is -4.33. The van der Waals surface area contributed by atoms with Crippen LogP contribution in [0.25, 0.3) is 11.0 Å². The molecule has 5 rings (SSSR count). The highest BCUT2D eigenvalue weighted by Crippen LogP contribution is 2.35. The molecular formula is C32H29FN2O4. The predicted octanol–water partition coefficient (Wildman–Crippen LogP) is 5.47. The molecule has 5 aromatic rings. The minimum atomic E-state index is -1.70. The highest BCUT2D eigenvalue weighted by Gasteiger charge is 2.32. The summed E-state index contributed by atoms with van der Waals surface area (Å²) in [7, 11) is 0. The summed E-state index contributed by atoms with van der Waals surface area (Å²) in [5, 5.41) is 24.4. The lowest BCUT2D eigenvalue weighted by Gasteiger charge is -2.22. The highest BCUT2D eigenvalue weighted by molar-refractivity contribution is 5.83. The lowest BCUT2D eigenvalue weighted by atomic mass is 9.93. The molecule has 2 atom stereocenters. The number of aliphatic hydroxyl groups excluding tert-OH is 1. The number of benzene rings is 3. The number of aromatic nitrogens is 1. The van der Waals surface area contributed by atoms with E-state index in [4.69, 9.17) is 4.42 Å². The third kappa shape index (κ3) is 5.46. The summed E-state index contributed by atoms with van der Waals surface area (Å²) in [6.07, 6.45) is 2.59. The van der Waals surface area contributed by atoms with Gasteiger partial charge in [0.25, 0.3) is 0 Å². The summed E-state index contributed by atoms with van der Waals surface area (Å²) in [6, 6.07) is 23.6. The maximum absolute atomic E-state index is 14.3. The largest absolute Gasteiger partial charge is 0.458 e. The van der Waals surface area contributed by atoms with Gasteiger partial charge < -0.3 is 19.9 Å². The number of hydrogen-bond acceptors (Lipinski definition) is 5. The number of furan rings is 1. The first-order valence-electron chi connectivity index (χ1n) is 12.7. The van der Waals surface area contributed by atoms with Gasteiger partial charge in [-0.3, -0.25) is 9.78 Å². The molecule has 1 amide bonds. The molecule has 0 fully saturated rings. The van der Waals surface area contributed by atoms with Gasteiger partial charge in [-0.25, -0.2) is 4.39 Å². The first-order valence-corrected chi connectivity index (χ1v) is 12.7. The number of carbonyl (C=O) groups excluding carboxylic acids is 1. The number of carbonyl (C=O) groups is 1. The average molecular weight is 525 g/mol. The molecule has 39 heavy (non-hydrogen) atoms. The van der Waals surface area contributed by atoms with Gasteiger partial charge in [-0.1, -0.05) is 54.6 Å². The van der Waals surface area contributed by atoms with Crippen molar-refractivity contribution in [2.45, 2.75) is 38.5 Å². The Bertz CT molecular complexity index is 1630. The van der Waals surface area contributed by atoms with Crippen LogP contribution in [0.4, 0.5) is 4.39 Å². The molecule has 2 heterocycles. The van der Waals surface area contributed by atoms with Crippen molar-refractivity contribution in [2.24, 2.45) is 0 Å². The van der Waals surface area contributed by atoms with E-state index in [-0.39, 0.29) is 36.3 Å². The van der Waals surface area contributed by atoms with Crippen molar-refractivity contribution < 1.29 is 23.8 Å². The molecule has 7 heteroatoms. The Morgan fingerprint density at radius 1 is 1.05 bits per heavy atom. The SMILES string of the molecule is Cc1cc(CO)ccc1C(NC(=O)Cc1ccc2oc(C(C)(O)c3ccncc3F)cc2c1)c1ccccc1. The Balaban J connectivity index is 1.39. The maximum atomic E-state index is 14.3. The van der Waals surface area contributed by atoms with Crippen LogP contribution < -0.4 is 5.32 Å². The molecule has 0 radical (unpaired) electrons. The summed E-state index contributed by atoms with van der Waals surface area (Å²) in [5.74, 6) is -0.604. The van der Waals surface area contributed by atoms with Gasteiger partial charge in [0.15, 0.2) is 0 Å². The van der Waals surface area contributed by atoms with Gasteiger partial charge in [0.05, 0.1) is 25.3 Å². The summed E-state index contributed by atoms with van der Waals surface area (Å²) in [6.45, 7) is 3.39. The van der Waals surface area contributed by atoms with Gasteiger partial charge >= 0.3 is 0 Å². The van der Waals surface area contributed by atoms with Crippen molar-refractivity contribution in [2.75, 3.05) is 0 Å². The van der Waals surface area contributed by atoms with Crippen LogP contribution in [0.1, 0.15) is 52.1 Å². The standard InChI is InChI=1S/C32H29FN2O4/c1-20-14-22(19-36)8-10-25(20)31(23-6-4-3-5-7-23)35-30(37)16-21-9-11-28-24(15-21)17-29(39-28)32(2,38)26-12-13-34-18-27(26)33/h3-15,17-18,31,36,38H,16,19H2,1-2H3,(H,35,37). The van der Waals surface area contributed by atoms with Crippen molar-refractivity contribution in [3.8, 4) is 0 Å². The highest BCUT2D eigenvalue weighted by atomic mass is 19.1. The third-order valence-corrected chi connectivity index (χ3v) is 6.99. The Morgan fingerprint density at radius 2 is 1.82 bits per heavy atom. The molecule has 0 aliphatic rings. The van der Waals surface area contributed by atoms with Crippen LogP contribution in [0, 0.1) is 12.7 Å². The van der Waals surface area contributed by atoms with Crippen molar-refractivity contribution in [3.05, 3.63) is 136 Å². The molecule has 0 saturated carbocycles. The summed E-state index contributed by atoms with van der Waals surface area (Å²) >= 11 is 0. The van der Waals surface area contributed by atoms with Crippen molar-refractivity contribution >= 4 is 16.9 Å². The molecule has 6 nitrogen and oxygen atoms in total. The van der Waals surface area contributed by atoms with E-state index < -0.39 is 11.4 Å². The number of nitrogens with zero attached hydrogens (tertiary/aromatic N) is 1. The van der Waals surface area contributed by atoms with E-state index in [2.05, 4.69) is 10.3 Å². The van der Waals surface area contributed by atoms with Crippen molar-refractivity contribution in [1.29, 1.82) is 0 Å². The molecule has 0 aliphatic carbocycles. The number of amides is 1. The summed E-state index contributed by atoms with van der Waals surface area (Å²) in [4.78, 5) is 17.0. The van der Waals surface area contributed by atoms with E-state index in [0.717, 1.165) is 34.0 Å². The fourth-order valence-electron chi connectivity index (χ4n) is 4.89. The molecule has 0 bridgehead atoms. The zero-order valence-electron chi connectivity index (χ0n) is 21.7. The van der Waals surface area contributed by atoms with Crippen LogP contribution in [0.15, 0.2) is 95.7 Å². The van der Waals surface area contributed by atoms with Gasteiger partial charge in [-0.05, 0) is 65.9 Å². The number of aryl methyl sites for hydroxylation is 1. The van der Waals surface area contributed by atoms with Gasteiger partial charge in [0, 0.05) is 17.1 Å². The molecule has 198 valence electrons. The Kier molecular flexibility index (Phi) is 7.28. The van der Waals surface area contributed by atoms with E-state index in [9.17, 15) is 19.4 Å².